The molecule has 1 aliphatic rings. The predicted octanol–water partition coefficient (Wildman–Crippen LogP) is 4.09. The Morgan fingerprint density at radius 1 is 1.21 bits per heavy atom. The highest BCUT2D eigenvalue weighted by Gasteiger charge is 2.25. The Labute approximate surface area is 116 Å². The molecule has 0 aromatic heterocycles. The molecule has 1 saturated carbocycles. The second-order valence-corrected chi connectivity index (χ2v) is 5.89. The van der Waals surface area contributed by atoms with Crippen molar-refractivity contribution < 1.29 is 4.39 Å². The average molecular weight is 263 g/mol. The molecule has 19 heavy (non-hydrogen) atoms. The van der Waals surface area contributed by atoms with Crippen LogP contribution >= 0.6 is 0 Å². The van der Waals surface area contributed by atoms with Gasteiger partial charge in [0.1, 0.15) is 5.82 Å². The van der Waals surface area contributed by atoms with Gasteiger partial charge in [0.05, 0.1) is 0 Å². The predicted molar refractivity (Wildman–Crippen MR) is 78.8 cm³/mol. The van der Waals surface area contributed by atoms with Crippen LogP contribution < -0.4 is 5.32 Å². The zero-order chi connectivity index (χ0) is 13.7. The molecule has 106 valence electrons. The minimum atomic E-state index is -0.0976. The van der Waals surface area contributed by atoms with Crippen LogP contribution in [0.15, 0.2) is 18.2 Å². The van der Waals surface area contributed by atoms with Gasteiger partial charge in [0.2, 0.25) is 0 Å². The molecular weight excluding hydrogens is 237 g/mol. The molecule has 1 N–H and O–H groups in total. The summed E-state index contributed by atoms with van der Waals surface area (Å²) in [6.45, 7) is 6.42. The van der Waals surface area contributed by atoms with E-state index in [0.717, 1.165) is 25.4 Å². The van der Waals surface area contributed by atoms with Crippen molar-refractivity contribution in [3.63, 3.8) is 0 Å². The highest BCUT2D eigenvalue weighted by atomic mass is 19.1. The maximum Gasteiger partial charge on any atom is 0.123 e. The highest BCUT2D eigenvalue weighted by Crippen LogP contribution is 2.33. The molecule has 1 aromatic carbocycles. The van der Waals surface area contributed by atoms with Gasteiger partial charge in [-0.05, 0) is 74.4 Å². The molecule has 0 amide bonds. The van der Waals surface area contributed by atoms with Gasteiger partial charge in [0.15, 0.2) is 0 Å². The van der Waals surface area contributed by atoms with Crippen molar-refractivity contribution in [2.24, 2.45) is 11.8 Å². The normalized spacial score (nSPS) is 23.5. The molecule has 2 rings (SSSR count). The van der Waals surface area contributed by atoms with Crippen LogP contribution in [0.3, 0.4) is 0 Å². The molecule has 1 nitrogen and oxygen atoms in total. The van der Waals surface area contributed by atoms with Gasteiger partial charge in [-0.25, -0.2) is 4.39 Å². The smallest absolute Gasteiger partial charge is 0.123 e. The SMILES string of the molecule is CCNCC1CCCCC1Cc1cc(F)ccc1C. The number of rotatable bonds is 5. The van der Waals surface area contributed by atoms with E-state index >= 15 is 0 Å². The first kappa shape index (κ1) is 14.5. The molecule has 0 aliphatic heterocycles. The lowest BCUT2D eigenvalue weighted by molar-refractivity contribution is 0.229. The molecule has 0 spiro atoms. The van der Waals surface area contributed by atoms with Crippen molar-refractivity contribution in [1.29, 1.82) is 0 Å². The van der Waals surface area contributed by atoms with Crippen LogP contribution in [0.5, 0.6) is 0 Å². The molecule has 2 heteroatoms. The summed E-state index contributed by atoms with van der Waals surface area (Å²) in [7, 11) is 0. The molecule has 1 aliphatic carbocycles. The van der Waals surface area contributed by atoms with Crippen LogP contribution in [-0.2, 0) is 6.42 Å². The Morgan fingerprint density at radius 2 is 1.95 bits per heavy atom. The van der Waals surface area contributed by atoms with Crippen LogP contribution in [0, 0.1) is 24.6 Å². The summed E-state index contributed by atoms with van der Waals surface area (Å²) < 4.78 is 13.4. The van der Waals surface area contributed by atoms with E-state index in [2.05, 4.69) is 19.2 Å². The first-order valence-corrected chi connectivity index (χ1v) is 7.66. The minimum absolute atomic E-state index is 0.0976. The van der Waals surface area contributed by atoms with E-state index in [-0.39, 0.29) is 5.82 Å². The Morgan fingerprint density at radius 3 is 2.68 bits per heavy atom. The third-order valence-corrected chi connectivity index (χ3v) is 4.52. The monoisotopic (exact) mass is 263 g/mol. The van der Waals surface area contributed by atoms with Gasteiger partial charge in [-0.15, -0.1) is 0 Å². The lowest BCUT2D eigenvalue weighted by Gasteiger charge is -2.32. The van der Waals surface area contributed by atoms with Gasteiger partial charge in [0.25, 0.3) is 0 Å². The first-order chi connectivity index (χ1) is 9.20. The second-order valence-electron chi connectivity index (χ2n) is 5.89. The van der Waals surface area contributed by atoms with E-state index in [1.54, 1.807) is 12.1 Å². The van der Waals surface area contributed by atoms with E-state index in [1.807, 2.05) is 6.07 Å². The first-order valence-electron chi connectivity index (χ1n) is 7.66. The van der Waals surface area contributed by atoms with Crippen molar-refractivity contribution >= 4 is 0 Å². The summed E-state index contributed by atoms with van der Waals surface area (Å²) >= 11 is 0. The molecule has 2 unspecified atom stereocenters. The van der Waals surface area contributed by atoms with Crippen molar-refractivity contribution in [2.45, 2.75) is 46.0 Å². The van der Waals surface area contributed by atoms with Crippen molar-refractivity contribution in [1.82, 2.24) is 5.32 Å². The number of nitrogens with one attached hydrogen (secondary N) is 1. The highest BCUT2D eigenvalue weighted by molar-refractivity contribution is 5.27. The van der Waals surface area contributed by atoms with Gasteiger partial charge < -0.3 is 5.32 Å². The number of hydrogen-bond acceptors (Lipinski definition) is 1. The second kappa shape index (κ2) is 7.04. The molecule has 0 bridgehead atoms. The van der Waals surface area contributed by atoms with Crippen molar-refractivity contribution in [3.8, 4) is 0 Å². The molecule has 2 atom stereocenters. The van der Waals surface area contributed by atoms with Crippen molar-refractivity contribution in [3.05, 3.63) is 35.1 Å². The largest absolute Gasteiger partial charge is 0.317 e. The maximum absolute atomic E-state index is 13.4. The third kappa shape index (κ3) is 4.04. The summed E-state index contributed by atoms with van der Waals surface area (Å²) in [5, 5.41) is 3.49. The van der Waals surface area contributed by atoms with Crippen LogP contribution in [0.25, 0.3) is 0 Å². The lowest BCUT2D eigenvalue weighted by Crippen LogP contribution is -2.31. The summed E-state index contributed by atoms with van der Waals surface area (Å²) in [5.74, 6) is 1.38. The quantitative estimate of drug-likeness (QED) is 0.843. The fraction of sp³-hybridized carbons (Fsp3) is 0.647. The van der Waals surface area contributed by atoms with Crippen LogP contribution in [0.4, 0.5) is 4.39 Å². The zero-order valence-electron chi connectivity index (χ0n) is 12.2. The molecule has 0 heterocycles. The van der Waals surface area contributed by atoms with E-state index in [9.17, 15) is 4.39 Å². The zero-order valence-corrected chi connectivity index (χ0v) is 12.2. The van der Waals surface area contributed by atoms with E-state index in [0.29, 0.717) is 5.92 Å². The Kier molecular flexibility index (Phi) is 5.38. The fourth-order valence-corrected chi connectivity index (χ4v) is 3.29. The number of benzene rings is 1. The van der Waals surface area contributed by atoms with Gasteiger partial charge >= 0.3 is 0 Å². The molecule has 0 radical (unpaired) electrons. The Bertz CT molecular complexity index is 402. The van der Waals surface area contributed by atoms with Crippen LogP contribution in [0.2, 0.25) is 0 Å². The molecule has 0 saturated heterocycles. The molecule has 1 aromatic rings. The van der Waals surface area contributed by atoms with Gasteiger partial charge in [-0.3, -0.25) is 0 Å². The summed E-state index contributed by atoms with van der Waals surface area (Å²) in [6, 6.07) is 5.21. The number of hydrogen-bond donors (Lipinski definition) is 1. The Balaban J connectivity index is 2.04. The third-order valence-electron chi connectivity index (χ3n) is 4.52. The summed E-state index contributed by atoms with van der Waals surface area (Å²) in [4.78, 5) is 0. The number of aryl methyl sites for hydroxylation is 1. The average Bonchev–Trinajstić information content (AvgIpc) is 2.42. The van der Waals surface area contributed by atoms with E-state index < -0.39 is 0 Å². The fourth-order valence-electron chi connectivity index (χ4n) is 3.29. The number of halogens is 1. The topological polar surface area (TPSA) is 12.0 Å². The summed E-state index contributed by atoms with van der Waals surface area (Å²) in [6.07, 6.45) is 6.36. The van der Waals surface area contributed by atoms with Crippen LogP contribution in [0.1, 0.15) is 43.7 Å². The van der Waals surface area contributed by atoms with Crippen LogP contribution in [-0.4, -0.2) is 13.1 Å². The Hall–Kier alpha value is -0.890. The van der Waals surface area contributed by atoms with Gasteiger partial charge in [-0.2, -0.15) is 0 Å². The minimum Gasteiger partial charge on any atom is -0.317 e. The standard InChI is InChI=1S/C17H26FN/c1-3-19-12-15-7-5-4-6-14(15)10-16-11-17(18)9-8-13(16)2/h8-9,11,14-15,19H,3-7,10,12H2,1-2H3. The van der Waals surface area contributed by atoms with Crippen molar-refractivity contribution in [2.75, 3.05) is 13.1 Å². The lowest BCUT2D eigenvalue weighted by atomic mass is 9.75. The maximum atomic E-state index is 13.4. The van der Waals surface area contributed by atoms with E-state index in [1.165, 1.54) is 36.8 Å². The van der Waals surface area contributed by atoms with E-state index in [4.69, 9.17) is 0 Å². The summed E-state index contributed by atoms with van der Waals surface area (Å²) in [5.41, 5.74) is 2.43. The van der Waals surface area contributed by atoms with Gasteiger partial charge in [-0.1, -0.05) is 25.8 Å². The molecular formula is C17H26FN. The van der Waals surface area contributed by atoms with Gasteiger partial charge in [0, 0.05) is 0 Å². The molecule has 1 fully saturated rings.